The maximum atomic E-state index is 12.6. The van der Waals surface area contributed by atoms with E-state index in [-0.39, 0.29) is 18.0 Å². The van der Waals surface area contributed by atoms with E-state index in [4.69, 9.17) is 14.2 Å². The predicted octanol–water partition coefficient (Wildman–Crippen LogP) is 1.17. The molecule has 4 heterocycles. The minimum absolute atomic E-state index is 0.0681. The predicted molar refractivity (Wildman–Crippen MR) is 95.2 cm³/mol. The monoisotopic (exact) mass is 381 g/mol. The zero-order valence-corrected chi connectivity index (χ0v) is 15.4. The lowest BCUT2D eigenvalue weighted by Gasteiger charge is -2.37. The van der Waals surface area contributed by atoms with Gasteiger partial charge in [0.1, 0.15) is 18.1 Å². The first-order valence-corrected chi connectivity index (χ1v) is 9.90. The highest BCUT2D eigenvalue weighted by molar-refractivity contribution is 7.12. The van der Waals surface area contributed by atoms with Gasteiger partial charge in [0.2, 0.25) is 0 Å². The van der Waals surface area contributed by atoms with Crippen LogP contribution in [-0.2, 0) is 4.74 Å². The van der Waals surface area contributed by atoms with E-state index in [9.17, 15) is 9.59 Å². The SMILES string of the molecule is O=C(NC1CCN(C(=O)N2CCOCC2)CC1)c1scc2c1OCCO2. The molecule has 4 rings (SSSR count). The van der Waals surface area contributed by atoms with Gasteiger partial charge in [0, 0.05) is 37.6 Å². The molecule has 0 aliphatic carbocycles. The number of hydrogen-bond acceptors (Lipinski definition) is 6. The van der Waals surface area contributed by atoms with Gasteiger partial charge in [-0.2, -0.15) is 0 Å². The van der Waals surface area contributed by atoms with E-state index in [1.54, 1.807) is 0 Å². The highest BCUT2D eigenvalue weighted by Crippen LogP contribution is 2.39. The number of ether oxygens (including phenoxy) is 3. The van der Waals surface area contributed by atoms with Gasteiger partial charge < -0.3 is 29.3 Å². The standard InChI is InChI=1S/C17H23N3O5S/c21-16(15-14-13(11-26-15)24-9-10-25-14)18-12-1-3-19(4-2-12)17(22)20-5-7-23-8-6-20/h11-12H,1-10H2,(H,18,21). The quantitative estimate of drug-likeness (QED) is 0.832. The normalized spacial score (nSPS) is 20.8. The fourth-order valence-corrected chi connectivity index (χ4v) is 4.27. The molecule has 0 unspecified atom stereocenters. The molecule has 8 nitrogen and oxygen atoms in total. The van der Waals surface area contributed by atoms with Crippen LogP contribution in [0.2, 0.25) is 0 Å². The molecule has 0 aromatic carbocycles. The molecule has 1 N–H and O–H groups in total. The number of nitrogens with zero attached hydrogens (tertiary/aromatic N) is 2. The van der Waals surface area contributed by atoms with E-state index in [1.165, 1.54) is 11.3 Å². The summed E-state index contributed by atoms with van der Waals surface area (Å²) in [7, 11) is 0. The Bertz CT molecular complexity index is 665. The van der Waals surface area contributed by atoms with Crippen LogP contribution >= 0.6 is 11.3 Å². The summed E-state index contributed by atoms with van der Waals surface area (Å²) in [5, 5.41) is 4.89. The number of rotatable bonds is 2. The first kappa shape index (κ1) is 17.4. The van der Waals surface area contributed by atoms with Crippen LogP contribution in [0.3, 0.4) is 0 Å². The molecule has 0 spiro atoms. The van der Waals surface area contributed by atoms with Crippen molar-refractivity contribution in [1.29, 1.82) is 0 Å². The molecule has 0 atom stereocenters. The van der Waals surface area contributed by atoms with Crippen molar-refractivity contribution in [2.45, 2.75) is 18.9 Å². The Balaban J connectivity index is 1.29. The fourth-order valence-electron chi connectivity index (χ4n) is 3.44. The van der Waals surface area contributed by atoms with Gasteiger partial charge in [0.15, 0.2) is 11.5 Å². The van der Waals surface area contributed by atoms with Gasteiger partial charge in [0.25, 0.3) is 5.91 Å². The maximum Gasteiger partial charge on any atom is 0.320 e. The summed E-state index contributed by atoms with van der Waals surface area (Å²) in [5.74, 6) is 1.08. The second kappa shape index (κ2) is 7.71. The van der Waals surface area contributed by atoms with E-state index in [0.717, 1.165) is 12.8 Å². The van der Waals surface area contributed by atoms with Crippen molar-refractivity contribution in [2.24, 2.45) is 0 Å². The number of hydrogen-bond donors (Lipinski definition) is 1. The Labute approximate surface area is 156 Å². The molecule has 2 fully saturated rings. The average Bonchev–Trinajstić information content (AvgIpc) is 3.13. The first-order chi connectivity index (χ1) is 12.7. The molecule has 0 radical (unpaired) electrons. The number of piperidine rings is 1. The van der Waals surface area contributed by atoms with Crippen molar-refractivity contribution in [3.05, 3.63) is 10.3 Å². The van der Waals surface area contributed by atoms with Crippen molar-refractivity contribution in [1.82, 2.24) is 15.1 Å². The first-order valence-electron chi connectivity index (χ1n) is 9.02. The molecule has 0 bridgehead atoms. The molecule has 3 aliphatic rings. The van der Waals surface area contributed by atoms with E-state index >= 15 is 0 Å². The van der Waals surface area contributed by atoms with Crippen LogP contribution in [0.1, 0.15) is 22.5 Å². The second-order valence-corrected chi connectivity index (χ2v) is 7.45. The number of thiophene rings is 1. The lowest BCUT2D eigenvalue weighted by Crippen LogP contribution is -2.52. The Morgan fingerprint density at radius 2 is 1.69 bits per heavy atom. The van der Waals surface area contributed by atoms with Gasteiger partial charge in [0.05, 0.1) is 13.2 Å². The van der Waals surface area contributed by atoms with E-state index in [1.807, 2.05) is 15.2 Å². The topological polar surface area (TPSA) is 80.3 Å². The molecule has 9 heteroatoms. The highest BCUT2D eigenvalue weighted by atomic mass is 32.1. The minimum Gasteiger partial charge on any atom is -0.485 e. The van der Waals surface area contributed by atoms with Crippen LogP contribution in [-0.4, -0.2) is 80.4 Å². The highest BCUT2D eigenvalue weighted by Gasteiger charge is 2.29. The molecule has 2 saturated heterocycles. The second-order valence-electron chi connectivity index (χ2n) is 6.57. The lowest BCUT2D eigenvalue weighted by molar-refractivity contribution is 0.0407. The fraction of sp³-hybridized carbons (Fsp3) is 0.647. The largest absolute Gasteiger partial charge is 0.485 e. The molecule has 1 aromatic rings. The van der Waals surface area contributed by atoms with Crippen LogP contribution in [0.5, 0.6) is 11.5 Å². The lowest BCUT2D eigenvalue weighted by atomic mass is 10.1. The summed E-state index contributed by atoms with van der Waals surface area (Å²) in [6, 6.07) is 0.148. The zero-order valence-electron chi connectivity index (χ0n) is 14.6. The van der Waals surface area contributed by atoms with Gasteiger partial charge in [-0.15, -0.1) is 11.3 Å². The van der Waals surface area contributed by atoms with E-state index in [0.29, 0.717) is 69.0 Å². The van der Waals surface area contributed by atoms with Crippen LogP contribution < -0.4 is 14.8 Å². The van der Waals surface area contributed by atoms with Crippen molar-refractivity contribution < 1.29 is 23.8 Å². The Morgan fingerprint density at radius 1 is 1.00 bits per heavy atom. The molecular formula is C17H23N3O5S. The van der Waals surface area contributed by atoms with Crippen LogP contribution in [0.15, 0.2) is 5.38 Å². The van der Waals surface area contributed by atoms with Gasteiger partial charge in [-0.25, -0.2) is 4.79 Å². The average molecular weight is 381 g/mol. The summed E-state index contributed by atoms with van der Waals surface area (Å²) in [5.41, 5.74) is 0. The van der Waals surface area contributed by atoms with Crippen LogP contribution in [0.25, 0.3) is 0 Å². The Hall–Kier alpha value is -2.00. The Kier molecular flexibility index (Phi) is 5.16. The maximum absolute atomic E-state index is 12.6. The molecule has 3 amide bonds. The summed E-state index contributed by atoms with van der Waals surface area (Å²) in [6.45, 7) is 4.81. The number of urea groups is 1. The van der Waals surface area contributed by atoms with E-state index < -0.39 is 0 Å². The summed E-state index contributed by atoms with van der Waals surface area (Å²) < 4.78 is 16.4. The number of nitrogens with one attached hydrogen (secondary N) is 1. The molecule has 1 aromatic heterocycles. The third kappa shape index (κ3) is 3.59. The third-order valence-corrected chi connectivity index (χ3v) is 5.83. The molecule has 26 heavy (non-hydrogen) atoms. The zero-order chi connectivity index (χ0) is 17.9. The van der Waals surface area contributed by atoms with E-state index in [2.05, 4.69) is 5.32 Å². The van der Waals surface area contributed by atoms with Gasteiger partial charge >= 0.3 is 6.03 Å². The van der Waals surface area contributed by atoms with Gasteiger partial charge in [-0.1, -0.05) is 0 Å². The summed E-state index contributed by atoms with van der Waals surface area (Å²) >= 11 is 1.34. The molecule has 0 saturated carbocycles. The van der Waals surface area contributed by atoms with Crippen molar-refractivity contribution in [3.8, 4) is 11.5 Å². The van der Waals surface area contributed by atoms with Crippen LogP contribution in [0.4, 0.5) is 4.79 Å². The molecular weight excluding hydrogens is 358 g/mol. The number of carbonyl (C=O) groups excluding carboxylic acids is 2. The number of morpholine rings is 1. The Morgan fingerprint density at radius 3 is 2.46 bits per heavy atom. The van der Waals surface area contributed by atoms with Gasteiger partial charge in [-0.3, -0.25) is 4.79 Å². The van der Waals surface area contributed by atoms with Gasteiger partial charge in [-0.05, 0) is 12.8 Å². The van der Waals surface area contributed by atoms with Crippen LogP contribution in [0, 0.1) is 0 Å². The number of fused-ring (bicyclic) bond motifs is 1. The molecule has 3 aliphatic heterocycles. The number of carbonyl (C=O) groups is 2. The third-order valence-electron chi connectivity index (χ3n) is 4.89. The number of amides is 3. The van der Waals surface area contributed by atoms with Crippen molar-refractivity contribution in [2.75, 3.05) is 52.6 Å². The number of likely N-dealkylation sites (tertiary alicyclic amines) is 1. The van der Waals surface area contributed by atoms with Crippen molar-refractivity contribution in [3.63, 3.8) is 0 Å². The smallest absolute Gasteiger partial charge is 0.320 e. The van der Waals surface area contributed by atoms with Crippen molar-refractivity contribution >= 4 is 23.3 Å². The minimum atomic E-state index is -0.125. The summed E-state index contributed by atoms with van der Waals surface area (Å²) in [6.07, 6.45) is 1.51. The summed E-state index contributed by atoms with van der Waals surface area (Å²) in [4.78, 5) is 29.4. The molecule has 142 valence electrons.